The zero-order chi connectivity index (χ0) is 18.9. The van der Waals surface area contributed by atoms with Gasteiger partial charge in [-0.05, 0) is 56.7 Å². The summed E-state index contributed by atoms with van der Waals surface area (Å²) in [7, 11) is 0. The van der Waals surface area contributed by atoms with E-state index in [1.54, 1.807) is 0 Å². The predicted molar refractivity (Wildman–Crippen MR) is 104 cm³/mol. The zero-order valence-electron chi connectivity index (χ0n) is 16.5. The van der Waals surface area contributed by atoms with E-state index in [0.29, 0.717) is 30.3 Å². The highest BCUT2D eigenvalue weighted by atomic mass is 16.3. The van der Waals surface area contributed by atoms with E-state index in [-0.39, 0.29) is 5.91 Å². The number of nitrogens with zero attached hydrogens (tertiary/aromatic N) is 1. The Bertz CT molecular complexity index is 621. The summed E-state index contributed by atoms with van der Waals surface area (Å²) in [6.45, 7) is 9.73. The number of carbonyl (C=O) groups excluding carboxylic acids is 1. The van der Waals surface area contributed by atoms with Gasteiger partial charge in [0, 0.05) is 36.7 Å². The van der Waals surface area contributed by atoms with E-state index in [2.05, 4.69) is 24.7 Å². The summed E-state index contributed by atoms with van der Waals surface area (Å²) in [5.74, 6) is 1.15. The van der Waals surface area contributed by atoms with Crippen LogP contribution in [0.15, 0.2) is 24.3 Å². The van der Waals surface area contributed by atoms with Gasteiger partial charge in [-0.3, -0.25) is 15.6 Å². The number of amides is 1. The average Bonchev–Trinajstić information content (AvgIpc) is 3.02. The number of fused-ring (bicyclic) bond motifs is 1. The molecule has 26 heavy (non-hydrogen) atoms. The van der Waals surface area contributed by atoms with Crippen LogP contribution in [-0.4, -0.2) is 46.7 Å². The van der Waals surface area contributed by atoms with Crippen LogP contribution >= 0.6 is 0 Å². The molecule has 0 radical (unpaired) electrons. The topological polar surface area (TPSA) is 64.6 Å². The van der Waals surface area contributed by atoms with Gasteiger partial charge in [0.1, 0.15) is 0 Å². The predicted octanol–water partition coefficient (Wildman–Crippen LogP) is 2.35. The molecule has 0 aromatic heterocycles. The molecule has 2 aliphatic rings. The van der Waals surface area contributed by atoms with Crippen molar-refractivity contribution in [2.45, 2.75) is 64.6 Å². The first-order valence-corrected chi connectivity index (χ1v) is 9.86. The Kier molecular flexibility index (Phi) is 5.70. The van der Waals surface area contributed by atoms with E-state index in [0.717, 1.165) is 37.1 Å². The molecule has 1 aromatic rings. The summed E-state index contributed by atoms with van der Waals surface area (Å²) in [5, 5.41) is 9.86. The number of carbonyl (C=O) groups is 1. The van der Waals surface area contributed by atoms with Gasteiger partial charge in [0.15, 0.2) is 0 Å². The maximum atomic E-state index is 12.9. The van der Waals surface area contributed by atoms with Crippen LogP contribution in [0.25, 0.3) is 0 Å². The van der Waals surface area contributed by atoms with Gasteiger partial charge in [0.25, 0.3) is 5.91 Å². The Morgan fingerprint density at radius 2 is 1.96 bits per heavy atom. The first-order chi connectivity index (χ1) is 12.2. The second-order valence-corrected chi connectivity index (χ2v) is 8.88. The third kappa shape index (κ3) is 4.45. The van der Waals surface area contributed by atoms with Crippen LogP contribution in [0, 0.1) is 11.8 Å². The molecule has 3 atom stereocenters. The Balaban J connectivity index is 1.62. The normalized spacial score (nSPS) is 26.2. The number of hydrogen-bond acceptors (Lipinski definition) is 4. The van der Waals surface area contributed by atoms with Crippen molar-refractivity contribution >= 4 is 5.91 Å². The van der Waals surface area contributed by atoms with Crippen LogP contribution in [0.1, 0.15) is 56.5 Å². The molecule has 3 N–H and O–H groups in total. The van der Waals surface area contributed by atoms with Crippen molar-refractivity contribution in [1.82, 2.24) is 15.8 Å². The van der Waals surface area contributed by atoms with Crippen molar-refractivity contribution in [3.63, 3.8) is 0 Å². The van der Waals surface area contributed by atoms with Crippen LogP contribution in [0.3, 0.4) is 0 Å². The highest BCUT2D eigenvalue weighted by molar-refractivity contribution is 5.94. The van der Waals surface area contributed by atoms with Crippen LogP contribution < -0.4 is 10.9 Å². The van der Waals surface area contributed by atoms with Gasteiger partial charge >= 0.3 is 0 Å². The molecule has 0 bridgehead atoms. The summed E-state index contributed by atoms with van der Waals surface area (Å²) >= 11 is 0. The second-order valence-electron chi connectivity index (χ2n) is 8.88. The van der Waals surface area contributed by atoms with Gasteiger partial charge < -0.3 is 10.0 Å². The molecule has 5 heteroatoms. The summed E-state index contributed by atoms with van der Waals surface area (Å²) in [5.41, 5.74) is 8.10. The smallest absolute Gasteiger partial charge is 0.253 e. The third-order valence-corrected chi connectivity index (χ3v) is 5.79. The minimum atomic E-state index is -0.658. The Morgan fingerprint density at radius 3 is 2.58 bits per heavy atom. The molecular weight excluding hydrogens is 326 g/mol. The zero-order valence-corrected chi connectivity index (χ0v) is 16.5. The summed E-state index contributed by atoms with van der Waals surface area (Å²) in [6.07, 6.45) is 2.53. The summed E-state index contributed by atoms with van der Waals surface area (Å²) < 4.78 is 0. The van der Waals surface area contributed by atoms with Gasteiger partial charge in [0.2, 0.25) is 0 Å². The highest BCUT2D eigenvalue weighted by Gasteiger charge is 2.41. The fourth-order valence-corrected chi connectivity index (χ4v) is 4.13. The van der Waals surface area contributed by atoms with Gasteiger partial charge in [-0.15, -0.1) is 0 Å². The molecule has 0 saturated carbocycles. The number of nitrogens with one attached hydrogen (secondary N) is 2. The van der Waals surface area contributed by atoms with Gasteiger partial charge in [-0.25, -0.2) is 0 Å². The van der Waals surface area contributed by atoms with Crippen LogP contribution in [-0.2, 0) is 6.42 Å². The molecule has 1 amide bonds. The molecule has 0 spiro atoms. The Labute approximate surface area is 157 Å². The van der Waals surface area contributed by atoms with Gasteiger partial charge in [0.05, 0.1) is 5.60 Å². The Morgan fingerprint density at radius 1 is 1.27 bits per heavy atom. The number of hydrazine groups is 1. The number of likely N-dealkylation sites (tertiary alicyclic amines) is 1. The van der Waals surface area contributed by atoms with E-state index in [1.165, 1.54) is 0 Å². The van der Waals surface area contributed by atoms with Crippen LogP contribution in [0.5, 0.6) is 0 Å². The van der Waals surface area contributed by atoms with Crippen molar-refractivity contribution < 1.29 is 9.90 Å². The molecule has 1 aromatic carbocycles. The highest BCUT2D eigenvalue weighted by Crippen LogP contribution is 2.28. The number of benzene rings is 1. The van der Waals surface area contributed by atoms with Crippen LogP contribution in [0.2, 0.25) is 0 Å². The van der Waals surface area contributed by atoms with E-state index < -0.39 is 5.60 Å². The van der Waals surface area contributed by atoms with E-state index in [1.807, 2.05) is 43.0 Å². The number of piperidine rings is 1. The fourth-order valence-electron chi connectivity index (χ4n) is 4.13. The molecule has 2 saturated heterocycles. The van der Waals surface area contributed by atoms with E-state index in [9.17, 15) is 9.90 Å². The minimum Gasteiger partial charge on any atom is -0.390 e. The van der Waals surface area contributed by atoms with Crippen molar-refractivity contribution in [3.8, 4) is 0 Å². The quantitative estimate of drug-likeness (QED) is 0.755. The second kappa shape index (κ2) is 7.67. The number of aryl methyl sites for hydroxylation is 1. The van der Waals surface area contributed by atoms with Crippen molar-refractivity contribution in [3.05, 3.63) is 35.4 Å². The lowest BCUT2D eigenvalue weighted by Crippen LogP contribution is -2.49. The monoisotopic (exact) mass is 359 g/mol. The average molecular weight is 360 g/mol. The lowest BCUT2D eigenvalue weighted by molar-refractivity contribution is 0.0641. The third-order valence-electron chi connectivity index (χ3n) is 5.79. The van der Waals surface area contributed by atoms with Gasteiger partial charge in [-0.1, -0.05) is 26.0 Å². The molecule has 144 valence electrons. The first kappa shape index (κ1) is 19.3. The Hall–Kier alpha value is -1.43. The summed E-state index contributed by atoms with van der Waals surface area (Å²) in [4.78, 5) is 14.9. The lowest BCUT2D eigenvalue weighted by Gasteiger charge is -2.37. The first-order valence-electron chi connectivity index (χ1n) is 9.86. The largest absolute Gasteiger partial charge is 0.390 e. The SMILES string of the molecule is CC(C)C1NNC2CCN(C(=O)c3ccc(CCC(C)(C)O)cc3)CC21. The maximum Gasteiger partial charge on any atom is 0.253 e. The molecule has 2 fully saturated rings. The molecule has 2 heterocycles. The van der Waals surface area contributed by atoms with Gasteiger partial charge in [-0.2, -0.15) is 0 Å². The van der Waals surface area contributed by atoms with Crippen molar-refractivity contribution in [1.29, 1.82) is 0 Å². The van der Waals surface area contributed by atoms with Crippen LogP contribution in [0.4, 0.5) is 0 Å². The molecule has 5 nitrogen and oxygen atoms in total. The van der Waals surface area contributed by atoms with Crippen molar-refractivity contribution in [2.24, 2.45) is 11.8 Å². The molecule has 0 aliphatic carbocycles. The minimum absolute atomic E-state index is 0.131. The number of hydrogen-bond donors (Lipinski definition) is 3. The van der Waals surface area contributed by atoms with Crippen molar-refractivity contribution in [2.75, 3.05) is 13.1 Å². The lowest BCUT2D eigenvalue weighted by atomic mass is 9.83. The maximum absolute atomic E-state index is 12.9. The van der Waals surface area contributed by atoms with E-state index in [4.69, 9.17) is 0 Å². The summed E-state index contributed by atoms with van der Waals surface area (Å²) in [6, 6.07) is 8.77. The molecule has 3 unspecified atom stereocenters. The van der Waals surface area contributed by atoms with E-state index >= 15 is 0 Å². The molecule has 3 rings (SSSR count). The number of aliphatic hydroxyl groups is 1. The standard InChI is InChI=1S/C21H33N3O2/c1-14(2)19-17-13-24(12-10-18(17)22-23-19)20(25)16-7-5-15(6-8-16)9-11-21(3,4)26/h5-8,14,17-19,22-23,26H,9-13H2,1-4H3. The number of rotatable bonds is 5. The molecule has 2 aliphatic heterocycles. The fraction of sp³-hybridized carbons (Fsp3) is 0.667. The molecular formula is C21H33N3O2.